The fourth-order valence-electron chi connectivity index (χ4n) is 1.64. The van der Waals surface area contributed by atoms with E-state index in [9.17, 15) is 13.2 Å². The second-order valence-electron chi connectivity index (χ2n) is 4.07. The summed E-state index contributed by atoms with van der Waals surface area (Å²) in [4.78, 5) is 11.6. The molecule has 0 heterocycles. The Morgan fingerprint density at radius 1 is 1.42 bits per heavy atom. The van der Waals surface area contributed by atoms with Crippen molar-refractivity contribution in [2.45, 2.75) is 18.2 Å². The molecule has 6 nitrogen and oxygen atoms in total. The van der Waals surface area contributed by atoms with E-state index in [2.05, 4.69) is 4.74 Å². The third kappa shape index (κ3) is 3.24. The third-order valence-corrected chi connectivity index (χ3v) is 4.55. The highest BCUT2D eigenvalue weighted by Gasteiger charge is 2.26. The number of carbonyl (C=O) groups is 1. The van der Waals surface area contributed by atoms with Crippen LogP contribution in [0.3, 0.4) is 0 Å². The van der Waals surface area contributed by atoms with E-state index >= 15 is 0 Å². The molecule has 2 N–H and O–H groups in total. The Hall–Kier alpha value is -1.60. The number of hydrogen-bond acceptors (Lipinski definition) is 5. The molecule has 1 rings (SSSR count). The fourth-order valence-corrected chi connectivity index (χ4v) is 3.06. The van der Waals surface area contributed by atoms with Crippen molar-refractivity contribution in [3.8, 4) is 0 Å². The summed E-state index contributed by atoms with van der Waals surface area (Å²) >= 11 is 0. The number of sulfonamides is 1. The van der Waals surface area contributed by atoms with E-state index in [1.54, 1.807) is 0 Å². The molecule has 0 atom stereocenters. The normalized spacial score (nSPS) is 11.6. The SMILES string of the molecule is CCCN(C)S(=O)(=O)c1ccc(N)cc1C(=O)OC. The standard InChI is InChI=1S/C12H18N2O4S/c1-4-7-14(2)19(16,17)11-6-5-9(13)8-10(11)12(15)18-3/h5-6,8H,4,7,13H2,1-3H3. The molecule has 1 aromatic rings. The van der Waals surface area contributed by atoms with E-state index in [-0.39, 0.29) is 10.5 Å². The number of rotatable bonds is 5. The van der Waals surface area contributed by atoms with Crippen molar-refractivity contribution in [3.63, 3.8) is 0 Å². The van der Waals surface area contributed by atoms with E-state index < -0.39 is 16.0 Å². The summed E-state index contributed by atoms with van der Waals surface area (Å²) in [5.74, 6) is -0.726. The second kappa shape index (κ2) is 6.03. The summed E-state index contributed by atoms with van der Waals surface area (Å²) in [6, 6.07) is 4.07. The molecule has 0 spiro atoms. The maximum atomic E-state index is 12.4. The predicted octanol–water partition coefficient (Wildman–Crippen LogP) is 1.09. The van der Waals surface area contributed by atoms with Crippen molar-refractivity contribution < 1.29 is 17.9 Å². The van der Waals surface area contributed by atoms with Crippen molar-refractivity contribution in [2.24, 2.45) is 0 Å². The number of nitrogen functional groups attached to an aromatic ring is 1. The topological polar surface area (TPSA) is 89.7 Å². The molecule has 0 aliphatic heterocycles. The predicted molar refractivity (Wildman–Crippen MR) is 72.3 cm³/mol. The Balaban J connectivity index is 3.38. The molecule has 0 radical (unpaired) electrons. The Kier molecular flexibility index (Phi) is 4.90. The molecule has 0 saturated heterocycles. The zero-order chi connectivity index (χ0) is 14.6. The molecule has 19 heavy (non-hydrogen) atoms. The Labute approximate surface area is 113 Å². The zero-order valence-electron chi connectivity index (χ0n) is 11.2. The first-order valence-corrected chi connectivity index (χ1v) is 7.22. The number of benzene rings is 1. The van der Waals surface area contributed by atoms with Crippen LogP contribution in [0.25, 0.3) is 0 Å². The molecular formula is C12H18N2O4S. The van der Waals surface area contributed by atoms with Gasteiger partial charge in [-0.15, -0.1) is 0 Å². The van der Waals surface area contributed by atoms with Crippen LogP contribution in [-0.4, -0.2) is 39.4 Å². The van der Waals surface area contributed by atoms with Crippen LogP contribution < -0.4 is 5.73 Å². The van der Waals surface area contributed by atoms with Crippen LogP contribution in [0.2, 0.25) is 0 Å². The third-order valence-electron chi connectivity index (χ3n) is 2.64. The highest BCUT2D eigenvalue weighted by molar-refractivity contribution is 7.89. The maximum absolute atomic E-state index is 12.4. The minimum atomic E-state index is -3.73. The molecule has 1 aromatic carbocycles. The number of hydrogen-bond donors (Lipinski definition) is 1. The number of methoxy groups -OCH3 is 1. The smallest absolute Gasteiger partial charge is 0.339 e. The van der Waals surface area contributed by atoms with Gasteiger partial charge in [0, 0.05) is 19.3 Å². The highest BCUT2D eigenvalue weighted by atomic mass is 32.2. The van der Waals surface area contributed by atoms with Gasteiger partial charge in [-0.05, 0) is 24.6 Å². The number of carbonyl (C=O) groups excluding carboxylic acids is 1. The van der Waals surface area contributed by atoms with Gasteiger partial charge in [0.2, 0.25) is 10.0 Å². The highest BCUT2D eigenvalue weighted by Crippen LogP contribution is 2.22. The van der Waals surface area contributed by atoms with Crippen LogP contribution in [0.5, 0.6) is 0 Å². The van der Waals surface area contributed by atoms with Crippen LogP contribution >= 0.6 is 0 Å². The average molecular weight is 286 g/mol. The second-order valence-corrected chi connectivity index (χ2v) is 6.09. The minimum absolute atomic E-state index is 0.0505. The van der Waals surface area contributed by atoms with E-state index in [0.717, 1.165) is 0 Å². The van der Waals surface area contributed by atoms with Crippen LogP contribution in [-0.2, 0) is 14.8 Å². The molecule has 106 valence electrons. The molecule has 0 fully saturated rings. The summed E-state index contributed by atoms with van der Waals surface area (Å²) < 4.78 is 30.5. The Bertz CT molecular complexity index is 569. The summed E-state index contributed by atoms with van der Waals surface area (Å²) in [6.07, 6.45) is 0.679. The molecule has 0 unspecified atom stereocenters. The molecule has 0 aromatic heterocycles. The van der Waals surface area contributed by atoms with Gasteiger partial charge in [-0.3, -0.25) is 0 Å². The van der Waals surface area contributed by atoms with Gasteiger partial charge >= 0.3 is 5.97 Å². The van der Waals surface area contributed by atoms with Crippen molar-refractivity contribution >= 4 is 21.7 Å². The Morgan fingerprint density at radius 2 is 2.05 bits per heavy atom. The maximum Gasteiger partial charge on any atom is 0.339 e. The van der Waals surface area contributed by atoms with Crippen molar-refractivity contribution in [1.82, 2.24) is 4.31 Å². The molecular weight excluding hydrogens is 268 g/mol. The van der Waals surface area contributed by atoms with E-state index in [1.165, 1.54) is 36.7 Å². The van der Waals surface area contributed by atoms with Gasteiger partial charge in [-0.1, -0.05) is 6.92 Å². The molecule has 0 aliphatic rings. The van der Waals surface area contributed by atoms with Gasteiger partial charge in [0.15, 0.2) is 0 Å². The fraction of sp³-hybridized carbons (Fsp3) is 0.417. The first-order chi connectivity index (χ1) is 8.84. The first kappa shape index (κ1) is 15.5. The summed E-state index contributed by atoms with van der Waals surface area (Å²) in [7, 11) is -1.07. The Morgan fingerprint density at radius 3 is 2.58 bits per heavy atom. The average Bonchev–Trinajstić information content (AvgIpc) is 2.37. The monoisotopic (exact) mass is 286 g/mol. The molecule has 0 saturated carbocycles. The largest absolute Gasteiger partial charge is 0.465 e. The van der Waals surface area contributed by atoms with Gasteiger partial charge in [0.05, 0.1) is 17.6 Å². The minimum Gasteiger partial charge on any atom is -0.465 e. The number of anilines is 1. The van der Waals surface area contributed by atoms with Crippen LogP contribution in [0.1, 0.15) is 23.7 Å². The summed E-state index contributed by atoms with van der Waals surface area (Å²) in [5.41, 5.74) is 5.83. The zero-order valence-corrected chi connectivity index (χ0v) is 12.0. The summed E-state index contributed by atoms with van der Waals surface area (Å²) in [6.45, 7) is 2.24. The van der Waals surface area contributed by atoms with Gasteiger partial charge in [-0.25, -0.2) is 17.5 Å². The van der Waals surface area contributed by atoms with Crippen molar-refractivity contribution in [1.29, 1.82) is 0 Å². The lowest BCUT2D eigenvalue weighted by molar-refractivity contribution is 0.0596. The lowest BCUT2D eigenvalue weighted by Crippen LogP contribution is -2.29. The number of nitrogens with two attached hydrogens (primary N) is 1. The van der Waals surface area contributed by atoms with Crippen LogP contribution in [0, 0.1) is 0 Å². The summed E-state index contributed by atoms with van der Waals surface area (Å²) in [5, 5.41) is 0. The van der Waals surface area contributed by atoms with Gasteiger partial charge < -0.3 is 10.5 Å². The first-order valence-electron chi connectivity index (χ1n) is 5.78. The van der Waals surface area contributed by atoms with Gasteiger partial charge in [-0.2, -0.15) is 0 Å². The number of nitrogens with zero attached hydrogens (tertiary/aromatic N) is 1. The van der Waals surface area contributed by atoms with Crippen molar-refractivity contribution in [3.05, 3.63) is 23.8 Å². The molecule has 0 bridgehead atoms. The van der Waals surface area contributed by atoms with Gasteiger partial charge in [0.1, 0.15) is 0 Å². The molecule has 0 aliphatic carbocycles. The van der Waals surface area contributed by atoms with E-state index in [4.69, 9.17) is 5.73 Å². The molecule has 0 amide bonds. The van der Waals surface area contributed by atoms with Gasteiger partial charge in [0.25, 0.3) is 0 Å². The molecule has 7 heteroatoms. The van der Waals surface area contributed by atoms with E-state index in [0.29, 0.717) is 18.7 Å². The van der Waals surface area contributed by atoms with E-state index in [1.807, 2.05) is 6.92 Å². The van der Waals surface area contributed by atoms with Crippen molar-refractivity contribution in [2.75, 3.05) is 26.4 Å². The quantitative estimate of drug-likeness (QED) is 0.646. The van der Waals surface area contributed by atoms with Crippen LogP contribution in [0.15, 0.2) is 23.1 Å². The lowest BCUT2D eigenvalue weighted by atomic mass is 10.2. The lowest BCUT2D eigenvalue weighted by Gasteiger charge is -2.18. The van der Waals surface area contributed by atoms with Crippen LogP contribution in [0.4, 0.5) is 5.69 Å². The number of ether oxygens (including phenoxy) is 1. The number of esters is 1.